The molecule has 0 spiro atoms. The molecule has 0 amide bonds. The second kappa shape index (κ2) is 4.34. The Balaban J connectivity index is 2.19. The highest BCUT2D eigenvalue weighted by molar-refractivity contribution is 9.10. The van der Waals surface area contributed by atoms with Gasteiger partial charge in [0, 0.05) is 16.3 Å². The van der Waals surface area contributed by atoms with E-state index in [0.717, 1.165) is 24.1 Å². The van der Waals surface area contributed by atoms with Crippen molar-refractivity contribution >= 4 is 15.9 Å². The van der Waals surface area contributed by atoms with Crippen LogP contribution in [0.1, 0.15) is 18.4 Å². The van der Waals surface area contributed by atoms with Crippen molar-refractivity contribution in [3.05, 3.63) is 34.3 Å². The number of benzene rings is 1. The highest BCUT2D eigenvalue weighted by Crippen LogP contribution is 2.37. The molecule has 78 valence electrons. The molecule has 0 aliphatic carbocycles. The lowest BCUT2D eigenvalue weighted by Gasteiger charge is -2.41. The fourth-order valence-corrected chi connectivity index (χ4v) is 2.17. The van der Waals surface area contributed by atoms with Crippen LogP contribution in [0.25, 0.3) is 0 Å². The van der Waals surface area contributed by atoms with Gasteiger partial charge < -0.3 is 4.74 Å². The summed E-state index contributed by atoms with van der Waals surface area (Å²) in [5.41, 5.74) is 1.38. The predicted molar refractivity (Wildman–Crippen MR) is 61.5 cm³/mol. The van der Waals surface area contributed by atoms with Gasteiger partial charge in [0.15, 0.2) is 0 Å². The van der Waals surface area contributed by atoms with Crippen LogP contribution < -0.4 is 0 Å². The average molecular weight is 266 g/mol. The molecule has 0 bridgehead atoms. The van der Waals surface area contributed by atoms with Gasteiger partial charge in [-0.3, -0.25) is 0 Å². The van der Waals surface area contributed by atoms with Crippen LogP contribution in [0, 0.1) is 11.3 Å². The lowest BCUT2D eigenvalue weighted by Crippen LogP contribution is -2.46. The van der Waals surface area contributed by atoms with Gasteiger partial charge in [0.1, 0.15) is 0 Å². The van der Waals surface area contributed by atoms with E-state index in [2.05, 4.69) is 34.1 Å². The normalized spacial score (nSPS) is 17.9. The fourth-order valence-electron chi connectivity index (χ4n) is 1.90. The molecule has 2 rings (SSSR count). The second-order valence-corrected chi connectivity index (χ2v) is 4.85. The van der Waals surface area contributed by atoms with E-state index in [9.17, 15) is 0 Å². The van der Waals surface area contributed by atoms with E-state index in [-0.39, 0.29) is 5.41 Å². The van der Waals surface area contributed by atoms with E-state index in [0.29, 0.717) is 6.42 Å². The maximum atomic E-state index is 8.64. The molecule has 1 heterocycles. The number of nitriles is 1. The van der Waals surface area contributed by atoms with Gasteiger partial charge in [0.2, 0.25) is 0 Å². The summed E-state index contributed by atoms with van der Waals surface area (Å²) >= 11 is 3.42. The third-order valence-electron chi connectivity index (χ3n) is 2.93. The van der Waals surface area contributed by atoms with Crippen LogP contribution in [0.4, 0.5) is 0 Å². The molecular weight excluding hydrogens is 254 g/mol. The summed E-state index contributed by atoms with van der Waals surface area (Å²) in [5.74, 6) is 0. The molecule has 0 radical (unpaired) electrons. The van der Waals surface area contributed by atoms with Crippen LogP contribution in [-0.2, 0) is 10.2 Å². The van der Waals surface area contributed by atoms with Gasteiger partial charge in [-0.1, -0.05) is 28.1 Å². The van der Waals surface area contributed by atoms with E-state index >= 15 is 0 Å². The molecule has 1 saturated heterocycles. The number of ether oxygens (including phenoxy) is 1. The van der Waals surface area contributed by atoms with Crippen LogP contribution in [-0.4, -0.2) is 13.2 Å². The average Bonchev–Trinajstić information content (AvgIpc) is 2.19. The summed E-state index contributed by atoms with van der Waals surface area (Å²) in [6.07, 6.45) is 1.49. The minimum Gasteiger partial charge on any atom is -0.379 e. The Labute approximate surface area is 98.0 Å². The largest absolute Gasteiger partial charge is 0.379 e. The van der Waals surface area contributed by atoms with Gasteiger partial charge in [0.25, 0.3) is 0 Å². The highest BCUT2D eigenvalue weighted by atomic mass is 79.9. The molecule has 1 aromatic rings. The second-order valence-electron chi connectivity index (χ2n) is 3.94. The third kappa shape index (κ3) is 2.06. The van der Waals surface area contributed by atoms with Crippen molar-refractivity contribution in [1.29, 1.82) is 5.26 Å². The highest BCUT2D eigenvalue weighted by Gasteiger charge is 2.39. The topological polar surface area (TPSA) is 33.0 Å². The molecule has 3 heteroatoms. The minimum atomic E-state index is 0.0937. The molecule has 0 aromatic heterocycles. The lowest BCUT2D eigenvalue weighted by atomic mass is 9.75. The zero-order valence-electron chi connectivity index (χ0n) is 8.37. The van der Waals surface area contributed by atoms with Crippen molar-refractivity contribution < 1.29 is 4.74 Å². The van der Waals surface area contributed by atoms with Crippen LogP contribution in [0.5, 0.6) is 0 Å². The third-order valence-corrected chi connectivity index (χ3v) is 3.46. The summed E-state index contributed by atoms with van der Waals surface area (Å²) in [5, 5.41) is 8.64. The number of nitrogens with zero attached hydrogens (tertiary/aromatic N) is 1. The quantitative estimate of drug-likeness (QED) is 0.842. The van der Waals surface area contributed by atoms with Crippen molar-refractivity contribution in [2.24, 2.45) is 0 Å². The lowest BCUT2D eigenvalue weighted by molar-refractivity contribution is -0.0637. The SMILES string of the molecule is N#CCCC1(c2ccc(Br)cc2)COC1. The molecule has 1 aliphatic heterocycles. The van der Waals surface area contributed by atoms with E-state index < -0.39 is 0 Å². The Morgan fingerprint density at radius 3 is 2.47 bits per heavy atom. The van der Waals surface area contributed by atoms with Crippen LogP contribution in [0.2, 0.25) is 0 Å². The Kier molecular flexibility index (Phi) is 3.08. The Hall–Kier alpha value is -0.850. The van der Waals surface area contributed by atoms with E-state index in [4.69, 9.17) is 10.00 Å². The van der Waals surface area contributed by atoms with Gasteiger partial charge in [-0.15, -0.1) is 0 Å². The first-order valence-electron chi connectivity index (χ1n) is 4.98. The Bertz CT molecular complexity index is 376. The maximum absolute atomic E-state index is 8.64. The van der Waals surface area contributed by atoms with Crippen molar-refractivity contribution in [1.82, 2.24) is 0 Å². The molecule has 0 atom stereocenters. The van der Waals surface area contributed by atoms with Gasteiger partial charge in [-0.25, -0.2) is 0 Å². The molecule has 15 heavy (non-hydrogen) atoms. The maximum Gasteiger partial charge on any atom is 0.0622 e. The van der Waals surface area contributed by atoms with Crippen molar-refractivity contribution in [2.45, 2.75) is 18.3 Å². The summed E-state index contributed by atoms with van der Waals surface area (Å²) in [4.78, 5) is 0. The standard InChI is InChI=1S/C12H12BrNO/c13-11-4-2-10(3-5-11)12(6-1-7-14)8-15-9-12/h2-5H,1,6,8-9H2. The van der Waals surface area contributed by atoms with Crippen LogP contribution in [0.3, 0.4) is 0 Å². The Morgan fingerprint density at radius 2 is 2.00 bits per heavy atom. The summed E-state index contributed by atoms with van der Waals surface area (Å²) in [6, 6.07) is 10.5. The van der Waals surface area contributed by atoms with Gasteiger partial charge in [0.05, 0.1) is 19.3 Å². The fraction of sp³-hybridized carbons (Fsp3) is 0.417. The molecule has 1 aromatic carbocycles. The zero-order chi connectivity index (χ0) is 10.7. The number of hydrogen-bond acceptors (Lipinski definition) is 2. The minimum absolute atomic E-state index is 0.0937. The summed E-state index contributed by atoms with van der Waals surface area (Å²) in [7, 11) is 0. The molecule has 1 fully saturated rings. The summed E-state index contributed by atoms with van der Waals surface area (Å²) in [6.45, 7) is 1.49. The predicted octanol–water partition coefficient (Wildman–Crippen LogP) is 3.02. The van der Waals surface area contributed by atoms with Crippen molar-refractivity contribution in [2.75, 3.05) is 13.2 Å². The zero-order valence-corrected chi connectivity index (χ0v) is 9.96. The molecule has 0 N–H and O–H groups in total. The Morgan fingerprint density at radius 1 is 1.33 bits per heavy atom. The monoisotopic (exact) mass is 265 g/mol. The molecule has 2 nitrogen and oxygen atoms in total. The molecular formula is C12H12BrNO. The first-order valence-corrected chi connectivity index (χ1v) is 5.77. The molecule has 0 saturated carbocycles. The first kappa shape index (κ1) is 10.7. The number of halogens is 1. The van der Waals surface area contributed by atoms with E-state index in [1.165, 1.54) is 5.56 Å². The molecule has 0 unspecified atom stereocenters. The van der Waals surface area contributed by atoms with E-state index in [1.807, 2.05) is 12.1 Å². The number of hydrogen-bond donors (Lipinski definition) is 0. The molecule has 1 aliphatic rings. The smallest absolute Gasteiger partial charge is 0.0622 e. The number of rotatable bonds is 3. The summed E-state index contributed by atoms with van der Waals surface area (Å²) < 4.78 is 6.38. The van der Waals surface area contributed by atoms with Gasteiger partial charge >= 0.3 is 0 Å². The van der Waals surface area contributed by atoms with Crippen LogP contribution >= 0.6 is 15.9 Å². The van der Waals surface area contributed by atoms with Crippen molar-refractivity contribution in [3.8, 4) is 6.07 Å². The first-order chi connectivity index (χ1) is 7.27. The van der Waals surface area contributed by atoms with E-state index in [1.54, 1.807) is 0 Å². The van der Waals surface area contributed by atoms with Crippen LogP contribution in [0.15, 0.2) is 28.7 Å². The van der Waals surface area contributed by atoms with Gasteiger partial charge in [-0.2, -0.15) is 5.26 Å². The van der Waals surface area contributed by atoms with Crippen molar-refractivity contribution in [3.63, 3.8) is 0 Å². The van der Waals surface area contributed by atoms with Gasteiger partial charge in [-0.05, 0) is 24.1 Å².